The maximum Gasteiger partial charge on any atom is 0.416 e. The predicted molar refractivity (Wildman–Crippen MR) is 163 cm³/mol. The second-order valence-corrected chi connectivity index (χ2v) is 10.7. The Kier molecular flexibility index (Phi) is 8.23. The minimum atomic E-state index is -4.50. The number of aromatic carboxylic acids is 1. The van der Waals surface area contributed by atoms with E-state index in [-0.39, 0.29) is 17.2 Å². The van der Waals surface area contributed by atoms with Crippen molar-refractivity contribution >= 4 is 22.8 Å². The number of ether oxygens (including phenoxy) is 1. The highest BCUT2D eigenvalue weighted by atomic mass is 19.4. The van der Waals surface area contributed by atoms with Crippen LogP contribution in [0.4, 0.5) is 13.2 Å². The molecule has 0 radical (unpaired) electrons. The van der Waals surface area contributed by atoms with E-state index in [0.717, 1.165) is 45.4 Å². The molecule has 0 unspecified atom stereocenters. The van der Waals surface area contributed by atoms with Crippen molar-refractivity contribution < 1.29 is 32.6 Å². The summed E-state index contributed by atoms with van der Waals surface area (Å²) in [5, 5.41) is 13.3. The number of halogens is 3. The van der Waals surface area contributed by atoms with E-state index in [9.17, 15) is 27.9 Å². The van der Waals surface area contributed by atoms with Gasteiger partial charge >= 0.3 is 12.1 Å². The molecule has 2 N–H and O–H groups in total. The first-order chi connectivity index (χ1) is 20.9. The van der Waals surface area contributed by atoms with Crippen molar-refractivity contribution in [3.63, 3.8) is 0 Å². The Morgan fingerprint density at radius 2 is 1.66 bits per heavy atom. The van der Waals surface area contributed by atoms with Crippen LogP contribution in [-0.2, 0) is 12.7 Å². The van der Waals surface area contributed by atoms with Crippen LogP contribution >= 0.6 is 0 Å². The van der Waals surface area contributed by atoms with Crippen LogP contribution in [-0.4, -0.2) is 28.7 Å². The maximum atomic E-state index is 13.2. The third kappa shape index (κ3) is 5.90. The molecular weight excluding hydrogens is 569 g/mol. The summed E-state index contributed by atoms with van der Waals surface area (Å²) in [6.45, 7) is 6.29. The zero-order chi connectivity index (χ0) is 31.8. The molecule has 1 amide bonds. The van der Waals surface area contributed by atoms with E-state index in [1.807, 2.05) is 56.3 Å². The van der Waals surface area contributed by atoms with Crippen LogP contribution in [0, 0.1) is 13.8 Å². The predicted octanol–water partition coefficient (Wildman–Crippen LogP) is 8.19. The summed E-state index contributed by atoms with van der Waals surface area (Å²) in [6.07, 6.45) is -4.50. The number of carbonyl (C=O) groups is 2. The Balaban J connectivity index is 1.37. The van der Waals surface area contributed by atoms with E-state index >= 15 is 0 Å². The number of benzene rings is 4. The number of carboxylic acids is 1. The van der Waals surface area contributed by atoms with E-state index in [4.69, 9.17) is 4.74 Å². The van der Waals surface area contributed by atoms with Gasteiger partial charge in [-0.15, -0.1) is 0 Å². The number of rotatable bonds is 8. The molecule has 0 fully saturated rings. The summed E-state index contributed by atoms with van der Waals surface area (Å²) in [4.78, 5) is 24.9. The number of aryl methyl sites for hydroxylation is 1. The number of alkyl halides is 3. The normalized spacial score (nSPS) is 12.2. The Morgan fingerprint density at radius 1 is 0.955 bits per heavy atom. The molecule has 0 spiro atoms. The maximum absolute atomic E-state index is 13.2. The fourth-order valence-electron chi connectivity index (χ4n) is 5.49. The van der Waals surface area contributed by atoms with Gasteiger partial charge in [-0.25, -0.2) is 4.79 Å². The highest BCUT2D eigenvalue weighted by Crippen LogP contribution is 2.35. The molecule has 6 nitrogen and oxygen atoms in total. The molecule has 1 heterocycles. The van der Waals surface area contributed by atoms with Gasteiger partial charge in [-0.3, -0.25) is 4.79 Å². The number of hydrogen-bond donors (Lipinski definition) is 2. The smallest absolute Gasteiger partial charge is 0.416 e. The van der Waals surface area contributed by atoms with Crippen molar-refractivity contribution in [2.45, 2.75) is 39.5 Å². The third-order valence-electron chi connectivity index (χ3n) is 8.04. The van der Waals surface area contributed by atoms with Crippen molar-refractivity contribution in [2.75, 3.05) is 7.11 Å². The molecule has 0 aliphatic carbocycles. The Morgan fingerprint density at radius 3 is 2.32 bits per heavy atom. The lowest BCUT2D eigenvalue weighted by atomic mass is 9.99. The van der Waals surface area contributed by atoms with E-state index in [2.05, 4.69) is 9.88 Å². The first kappa shape index (κ1) is 30.4. The van der Waals surface area contributed by atoms with Crippen LogP contribution in [0.2, 0.25) is 0 Å². The Bertz CT molecular complexity index is 1870. The molecule has 1 atom stereocenters. The molecule has 0 aliphatic heterocycles. The quantitative estimate of drug-likeness (QED) is 0.188. The third-order valence-corrected chi connectivity index (χ3v) is 8.04. The minimum absolute atomic E-state index is 0.0470. The Hall–Kier alpha value is -5.05. The summed E-state index contributed by atoms with van der Waals surface area (Å²) in [5.41, 5.74) is 5.81. The van der Waals surface area contributed by atoms with Crippen molar-refractivity contribution in [2.24, 2.45) is 0 Å². The van der Waals surface area contributed by atoms with Crippen LogP contribution in [0.3, 0.4) is 0 Å². The average molecular weight is 601 g/mol. The fraction of sp³-hybridized carbons (Fsp3) is 0.200. The average Bonchev–Trinajstić information content (AvgIpc) is 3.24. The van der Waals surface area contributed by atoms with Crippen LogP contribution in [0.1, 0.15) is 61.6 Å². The van der Waals surface area contributed by atoms with Crippen LogP contribution < -0.4 is 10.1 Å². The number of hydrogen-bond acceptors (Lipinski definition) is 3. The Labute approximate surface area is 252 Å². The number of methoxy groups -OCH3 is 1. The molecule has 9 heteroatoms. The molecule has 4 aromatic carbocycles. The van der Waals surface area contributed by atoms with E-state index in [0.29, 0.717) is 23.2 Å². The first-order valence-electron chi connectivity index (χ1n) is 14.0. The van der Waals surface area contributed by atoms with Gasteiger partial charge in [0.1, 0.15) is 5.75 Å². The largest absolute Gasteiger partial charge is 0.496 e. The number of nitrogens with zero attached hydrogens (tertiary/aromatic N) is 1. The van der Waals surface area contributed by atoms with Gasteiger partial charge in [0.2, 0.25) is 0 Å². The van der Waals surface area contributed by atoms with E-state index < -0.39 is 23.8 Å². The minimum Gasteiger partial charge on any atom is -0.496 e. The summed E-state index contributed by atoms with van der Waals surface area (Å²) in [7, 11) is 1.30. The molecule has 1 aromatic heterocycles. The monoisotopic (exact) mass is 600 g/mol. The summed E-state index contributed by atoms with van der Waals surface area (Å²) < 4.78 is 46.8. The second kappa shape index (κ2) is 11.9. The molecular formula is C35H31F3N2O4. The standard InChI is InChI=1S/C35H31F3N2O4/c1-20-22(3)40(19-23-9-11-24(12-10-23)28-7-5-6-8-29(28)34(42)43)31-16-13-25(17-30(20)31)33(41)39-21(2)27-15-14-26(35(36,37)38)18-32(27)44-4/h5-18,21H,19H2,1-4H3,(H,39,41)(H,42,43)/t21-/m0/s1. The van der Waals surface area contributed by atoms with Crippen LogP contribution in [0.15, 0.2) is 84.9 Å². The zero-order valence-corrected chi connectivity index (χ0v) is 24.6. The highest BCUT2D eigenvalue weighted by Gasteiger charge is 2.32. The highest BCUT2D eigenvalue weighted by molar-refractivity contribution is 5.99. The summed E-state index contributed by atoms with van der Waals surface area (Å²) >= 11 is 0. The zero-order valence-electron chi connectivity index (χ0n) is 24.6. The first-order valence-corrected chi connectivity index (χ1v) is 14.0. The molecule has 0 saturated carbocycles. The van der Waals surface area contributed by atoms with Crippen molar-refractivity contribution in [1.82, 2.24) is 9.88 Å². The van der Waals surface area contributed by atoms with Gasteiger partial charge in [-0.05, 0) is 79.4 Å². The van der Waals surface area contributed by atoms with Gasteiger partial charge < -0.3 is 19.7 Å². The van der Waals surface area contributed by atoms with E-state index in [1.165, 1.54) is 13.2 Å². The second-order valence-electron chi connectivity index (χ2n) is 10.7. The molecule has 5 aromatic rings. The number of fused-ring (bicyclic) bond motifs is 1. The van der Waals surface area contributed by atoms with Gasteiger partial charge in [0, 0.05) is 34.3 Å². The molecule has 0 saturated heterocycles. The lowest BCUT2D eigenvalue weighted by molar-refractivity contribution is -0.137. The number of amides is 1. The van der Waals surface area contributed by atoms with Gasteiger partial charge in [-0.2, -0.15) is 13.2 Å². The van der Waals surface area contributed by atoms with Gasteiger partial charge in [0.05, 0.1) is 24.3 Å². The number of nitrogens with one attached hydrogen (secondary N) is 1. The van der Waals surface area contributed by atoms with Crippen molar-refractivity contribution in [1.29, 1.82) is 0 Å². The number of carbonyl (C=O) groups excluding carboxylic acids is 1. The molecule has 44 heavy (non-hydrogen) atoms. The number of aromatic nitrogens is 1. The molecule has 0 bridgehead atoms. The van der Waals surface area contributed by atoms with E-state index in [1.54, 1.807) is 31.2 Å². The van der Waals surface area contributed by atoms with Gasteiger partial charge in [0.15, 0.2) is 0 Å². The van der Waals surface area contributed by atoms with Crippen molar-refractivity contribution in [3.8, 4) is 16.9 Å². The molecule has 5 rings (SSSR count). The molecule has 226 valence electrons. The fourth-order valence-corrected chi connectivity index (χ4v) is 5.49. The summed E-state index contributed by atoms with van der Waals surface area (Å²) in [5.74, 6) is -1.29. The SMILES string of the molecule is COc1cc(C(F)(F)F)ccc1[C@H](C)NC(=O)c1ccc2c(c1)c(C)c(C)n2Cc1ccc(-c2ccccc2C(=O)O)cc1. The van der Waals surface area contributed by atoms with Crippen LogP contribution in [0.5, 0.6) is 5.75 Å². The number of carboxylic acid groups (broad SMARTS) is 1. The lowest BCUT2D eigenvalue weighted by Gasteiger charge is -2.19. The van der Waals surface area contributed by atoms with Gasteiger partial charge in [0.25, 0.3) is 5.91 Å². The summed E-state index contributed by atoms with van der Waals surface area (Å²) in [6, 6.07) is 22.8. The molecule has 0 aliphatic rings. The van der Waals surface area contributed by atoms with Crippen LogP contribution in [0.25, 0.3) is 22.0 Å². The van der Waals surface area contributed by atoms with Gasteiger partial charge in [-0.1, -0.05) is 48.5 Å². The van der Waals surface area contributed by atoms with Crippen molar-refractivity contribution in [3.05, 3.63) is 124 Å². The lowest BCUT2D eigenvalue weighted by Crippen LogP contribution is -2.27. The topological polar surface area (TPSA) is 80.6 Å².